The Morgan fingerprint density at radius 3 is 2.84 bits per heavy atom. The number of halogens is 2. The molecule has 0 bridgehead atoms. The lowest BCUT2D eigenvalue weighted by Crippen LogP contribution is -3.13. The highest BCUT2D eigenvalue weighted by Crippen LogP contribution is 2.12. The van der Waals surface area contributed by atoms with Gasteiger partial charge in [-0.15, -0.1) is 0 Å². The first-order valence-electron chi connectivity index (χ1n) is 9.01. The summed E-state index contributed by atoms with van der Waals surface area (Å²) in [7, 11) is 0. The summed E-state index contributed by atoms with van der Waals surface area (Å²) < 4.78 is 5.64. The van der Waals surface area contributed by atoms with Crippen LogP contribution in [0, 0.1) is 5.92 Å². The third-order valence-electron chi connectivity index (χ3n) is 4.66. The fraction of sp³-hybridized carbons (Fsp3) is 0.667. The average Bonchev–Trinajstić information content (AvgIpc) is 2.60. The summed E-state index contributed by atoms with van der Waals surface area (Å²) in [4.78, 5) is 20.1. The molecule has 5 nitrogen and oxygen atoms in total. The molecule has 0 aliphatic carbocycles. The van der Waals surface area contributed by atoms with Crippen LogP contribution < -0.4 is 22.0 Å². The molecule has 1 saturated heterocycles. The first-order chi connectivity index (χ1) is 11.6. The molecule has 1 aliphatic rings. The van der Waals surface area contributed by atoms with E-state index in [0.717, 1.165) is 52.0 Å². The number of hydrogen-bond donors (Lipinski definition) is 1. The number of amides is 1. The third-order valence-corrected chi connectivity index (χ3v) is 4.87. The molecule has 142 valence electrons. The topological polar surface area (TPSA) is 46.9 Å². The Morgan fingerprint density at radius 2 is 2.16 bits per heavy atom. The van der Waals surface area contributed by atoms with Crippen LogP contribution in [0.25, 0.3) is 0 Å². The molecule has 2 rings (SSSR count). The molecule has 0 aromatic carbocycles. The van der Waals surface area contributed by atoms with Gasteiger partial charge in [0.05, 0.1) is 32.2 Å². The van der Waals surface area contributed by atoms with Crippen molar-refractivity contribution in [3.8, 4) is 5.88 Å². The van der Waals surface area contributed by atoms with Crippen molar-refractivity contribution < 1.29 is 26.8 Å². The summed E-state index contributed by atoms with van der Waals surface area (Å²) >= 11 is 5.84. The predicted octanol–water partition coefficient (Wildman–Crippen LogP) is -1.33. The van der Waals surface area contributed by atoms with Crippen LogP contribution >= 0.6 is 11.6 Å². The van der Waals surface area contributed by atoms with Crippen molar-refractivity contribution in [2.75, 3.05) is 39.3 Å². The van der Waals surface area contributed by atoms with Gasteiger partial charge in [0.2, 0.25) is 11.8 Å². The van der Waals surface area contributed by atoms with Crippen LogP contribution in [0.15, 0.2) is 18.2 Å². The number of carbonyl (C=O) groups is 1. The number of pyridine rings is 1. The highest BCUT2D eigenvalue weighted by Gasteiger charge is 2.30. The second-order valence-corrected chi connectivity index (χ2v) is 6.69. The third kappa shape index (κ3) is 7.00. The Bertz CT molecular complexity index is 527. The van der Waals surface area contributed by atoms with Gasteiger partial charge in [0.1, 0.15) is 5.15 Å². The van der Waals surface area contributed by atoms with E-state index in [-0.39, 0.29) is 18.3 Å². The second-order valence-electron chi connectivity index (χ2n) is 6.30. The van der Waals surface area contributed by atoms with Gasteiger partial charge in [-0.3, -0.25) is 4.79 Å². The summed E-state index contributed by atoms with van der Waals surface area (Å²) in [5.41, 5.74) is 0. The zero-order chi connectivity index (χ0) is 17.4. The minimum Gasteiger partial charge on any atom is -1.00 e. The van der Waals surface area contributed by atoms with Gasteiger partial charge in [0.15, 0.2) is 0 Å². The minimum atomic E-state index is 0. The second kappa shape index (κ2) is 11.6. The Morgan fingerprint density at radius 1 is 1.40 bits per heavy atom. The molecule has 0 radical (unpaired) electrons. The van der Waals surface area contributed by atoms with Gasteiger partial charge < -0.3 is 26.9 Å². The highest BCUT2D eigenvalue weighted by atomic mass is 35.5. The van der Waals surface area contributed by atoms with Crippen LogP contribution in [-0.4, -0.2) is 55.1 Å². The zero-order valence-corrected chi connectivity index (χ0v) is 16.7. The quantitative estimate of drug-likeness (QED) is 0.442. The lowest BCUT2D eigenvalue weighted by molar-refractivity contribution is -0.907. The van der Waals surface area contributed by atoms with Gasteiger partial charge in [-0.05, 0) is 32.8 Å². The number of piperidine rings is 1. The van der Waals surface area contributed by atoms with E-state index < -0.39 is 0 Å². The lowest BCUT2D eigenvalue weighted by Gasteiger charge is -2.32. The highest BCUT2D eigenvalue weighted by molar-refractivity contribution is 6.29. The van der Waals surface area contributed by atoms with Gasteiger partial charge in [0.25, 0.3) is 0 Å². The maximum Gasteiger partial charge on any atom is 0.231 e. The Labute approximate surface area is 162 Å². The summed E-state index contributed by atoms with van der Waals surface area (Å²) in [5, 5.41) is 0.451. The molecule has 1 aromatic heterocycles. The SMILES string of the molecule is CCN(CC)C(=O)C1CCC[NH+](CCCOc2cccc(Cl)n2)C1.[Cl-]. The standard InChI is InChI=1S/C18H28ClN3O2.ClH/c1-3-22(4-2)18(23)15-8-6-11-21(14-15)12-7-13-24-17-10-5-9-16(19)20-17;/h5,9-10,15H,3-4,6-8,11-14H2,1-2H3;1H. The van der Waals surface area contributed by atoms with Crippen molar-refractivity contribution in [2.24, 2.45) is 5.92 Å². The van der Waals surface area contributed by atoms with E-state index in [4.69, 9.17) is 16.3 Å². The Kier molecular flexibility index (Phi) is 10.2. The van der Waals surface area contributed by atoms with E-state index in [1.54, 1.807) is 6.07 Å². The van der Waals surface area contributed by atoms with E-state index in [1.807, 2.05) is 17.0 Å². The van der Waals surface area contributed by atoms with E-state index in [1.165, 1.54) is 4.90 Å². The van der Waals surface area contributed by atoms with Gasteiger partial charge >= 0.3 is 0 Å². The van der Waals surface area contributed by atoms with E-state index >= 15 is 0 Å². The predicted molar refractivity (Wildman–Crippen MR) is 95.6 cm³/mol. The number of nitrogens with zero attached hydrogens (tertiary/aromatic N) is 2. The first-order valence-corrected chi connectivity index (χ1v) is 9.39. The zero-order valence-electron chi connectivity index (χ0n) is 15.1. The molecule has 2 heterocycles. The average molecular weight is 390 g/mol. The molecular formula is C18H29Cl2N3O2. The summed E-state index contributed by atoms with van der Waals surface area (Å²) in [6, 6.07) is 5.39. The molecule has 1 N–H and O–H groups in total. The molecule has 2 unspecified atom stereocenters. The smallest absolute Gasteiger partial charge is 0.231 e. The van der Waals surface area contributed by atoms with E-state index in [2.05, 4.69) is 18.8 Å². The number of quaternary nitrogens is 1. The van der Waals surface area contributed by atoms with Crippen molar-refractivity contribution in [1.82, 2.24) is 9.88 Å². The van der Waals surface area contributed by atoms with Crippen LogP contribution in [0.4, 0.5) is 0 Å². The monoisotopic (exact) mass is 389 g/mol. The Balaban J connectivity index is 0.00000312. The molecule has 1 aliphatic heterocycles. The van der Waals surface area contributed by atoms with Gasteiger partial charge in [0, 0.05) is 25.6 Å². The normalized spacial score (nSPS) is 19.8. The molecule has 1 amide bonds. The van der Waals surface area contributed by atoms with Crippen LogP contribution in [0.1, 0.15) is 33.1 Å². The molecule has 7 heteroatoms. The van der Waals surface area contributed by atoms with Crippen LogP contribution in [-0.2, 0) is 4.79 Å². The molecule has 0 saturated carbocycles. The molecule has 1 fully saturated rings. The van der Waals surface area contributed by atoms with Crippen molar-refractivity contribution in [3.63, 3.8) is 0 Å². The Hall–Kier alpha value is -1.04. The minimum absolute atomic E-state index is 0. The van der Waals surface area contributed by atoms with Crippen molar-refractivity contribution >= 4 is 17.5 Å². The first kappa shape index (κ1) is 22.0. The van der Waals surface area contributed by atoms with Crippen LogP contribution in [0.3, 0.4) is 0 Å². The maximum absolute atomic E-state index is 12.5. The molecule has 25 heavy (non-hydrogen) atoms. The molecule has 1 aromatic rings. The van der Waals surface area contributed by atoms with E-state index in [0.29, 0.717) is 23.5 Å². The largest absolute Gasteiger partial charge is 1.00 e. The van der Waals surface area contributed by atoms with Gasteiger partial charge in [-0.25, -0.2) is 4.98 Å². The fourth-order valence-electron chi connectivity index (χ4n) is 3.35. The number of ether oxygens (including phenoxy) is 1. The van der Waals surface area contributed by atoms with Crippen molar-refractivity contribution in [1.29, 1.82) is 0 Å². The van der Waals surface area contributed by atoms with Crippen LogP contribution in [0.5, 0.6) is 5.88 Å². The summed E-state index contributed by atoms with van der Waals surface area (Å²) in [6.45, 7) is 9.48. The van der Waals surface area contributed by atoms with Crippen molar-refractivity contribution in [2.45, 2.75) is 33.1 Å². The van der Waals surface area contributed by atoms with E-state index in [9.17, 15) is 4.79 Å². The number of likely N-dealkylation sites (tertiary alicyclic amines) is 1. The van der Waals surface area contributed by atoms with Gasteiger partial charge in [-0.2, -0.15) is 0 Å². The molecular weight excluding hydrogens is 361 g/mol. The van der Waals surface area contributed by atoms with Crippen molar-refractivity contribution in [3.05, 3.63) is 23.4 Å². The number of aromatic nitrogens is 1. The fourth-order valence-corrected chi connectivity index (χ4v) is 3.51. The van der Waals surface area contributed by atoms with Crippen LogP contribution in [0.2, 0.25) is 5.15 Å². The number of carbonyl (C=O) groups excluding carboxylic acids is 1. The molecule has 0 spiro atoms. The number of rotatable bonds is 8. The maximum atomic E-state index is 12.5. The molecule has 2 atom stereocenters. The summed E-state index contributed by atoms with van der Waals surface area (Å²) in [6.07, 6.45) is 3.11. The van der Waals surface area contributed by atoms with Gasteiger partial charge in [-0.1, -0.05) is 17.7 Å². The lowest BCUT2D eigenvalue weighted by atomic mass is 9.96. The number of nitrogens with one attached hydrogen (secondary N) is 1. The summed E-state index contributed by atoms with van der Waals surface area (Å²) in [5.74, 6) is 1.09. The number of hydrogen-bond acceptors (Lipinski definition) is 3.